The van der Waals surface area contributed by atoms with E-state index in [0.717, 1.165) is 0 Å². The van der Waals surface area contributed by atoms with Gasteiger partial charge in [0.05, 0.1) is 18.1 Å². The maximum absolute atomic E-state index is 13.2. The Morgan fingerprint density at radius 3 is 2.89 bits per heavy atom. The molecule has 0 aliphatic heterocycles. The molecule has 1 unspecified atom stereocenters. The van der Waals surface area contributed by atoms with Crippen LogP contribution in [0.1, 0.15) is 23.7 Å². The summed E-state index contributed by atoms with van der Waals surface area (Å²) in [5.41, 5.74) is -0.187. The first-order chi connectivity index (χ1) is 9.04. The zero-order valence-corrected chi connectivity index (χ0v) is 10.4. The lowest BCUT2D eigenvalue weighted by Gasteiger charge is -2.15. The number of rotatable bonds is 7. The van der Waals surface area contributed by atoms with Crippen LogP contribution in [0.15, 0.2) is 18.3 Å². The Kier molecular flexibility index (Phi) is 5.87. The summed E-state index contributed by atoms with van der Waals surface area (Å²) in [6.45, 7) is 2.04. The molecule has 1 aromatic heterocycles. The summed E-state index contributed by atoms with van der Waals surface area (Å²) in [6, 6.07) is 2.74. The van der Waals surface area contributed by atoms with Gasteiger partial charge < -0.3 is 15.2 Å². The summed E-state index contributed by atoms with van der Waals surface area (Å²) in [5, 5.41) is 11.1. The lowest BCUT2D eigenvalue weighted by molar-refractivity contribution is -0.140. The van der Waals surface area contributed by atoms with E-state index >= 15 is 0 Å². The molecule has 19 heavy (non-hydrogen) atoms. The third-order valence-corrected chi connectivity index (χ3v) is 2.30. The fourth-order valence-corrected chi connectivity index (χ4v) is 1.48. The zero-order chi connectivity index (χ0) is 14.3. The van der Waals surface area contributed by atoms with Gasteiger partial charge in [0.25, 0.3) is 5.91 Å². The number of hydrogen-bond donors (Lipinski definition) is 2. The van der Waals surface area contributed by atoms with Crippen molar-refractivity contribution < 1.29 is 23.8 Å². The first-order valence-corrected chi connectivity index (χ1v) is 5.76. The van der Waals surface area contributed by atoms with Crippen LogP contribution in [0.4, 0.5) is 4.39 Å². The van der Waals surface area contributed by atoms with Crippen LogP contribution < -0.4 is 5.32 Å². The van der Waals surface area contributed by atoms with Gasteiger partial charge in [0.1, 0.15) is 0 Å². The number of pyridine rings is 1. The molecule has 0 radical (unpaired) electrons. The van der Waals surface area contributed by atoms with E-state index in [0.29, 0.717) is 6.61 Å². The summed E-state index contributed by atoms with van der Waals surface area (Å²) in [4.78, 5) is 25.6. The molecule has 1 amide bonds. The highest BCUT2D eigenvalue weighted by atomic mass is 19.1. The van der Waals surface area contributed by atoms with Gasteiger partial charge in [-0.1, -0.05) is 0 Å². The van der Waals surface area contributed by atoms with Crippen molar-refractivity contribution >= 4 is 11.9 Å². The minimum Gasteiger partial charge on any atom is -0.481 e. The number of carboxylic acids is 1. The van der Waals surface area contributed by atoms with Crippen LogP contribution in [0, 0.1) is 5.95 Å². The lowest BCUT2D eigenvalue weighted by Crippen LogP contribution is -2.35. The number of halogens is 1. The second-order valence-electron chi connectivity index (χ2n) is 3.73. The van der Waals surface area contributed by atoms with E-state index < -0.39 is 23.9 Å². The van der Waals surface area contributed by atoms with Gasteiger partial charge in [-0.3, -0.25) is 9.59 Å². The van der Waals surface area contributed by atoms with E-state index in [-0.39, 0.29) is 18.5 Å². The molecule has 0 saturated carbocycles. The van der Waals surface area contributed by atoms with Crippen LogP contribution in [-0.2, 0) is 9.53 Å². The average molecular weight is 270 g/mol. The third-order valence-electron chi connectivity index (χ3n) is 2.30. The van der Waals surface area contributed by atoms with Gasteiger partial charge in [0.2, 0.25) is 5.95 Å². The zero-order valence-electron chi connectivity index (χ0n) is 10.4. The highest BCUT2D eigenvalue weighted by Crippen LogP contribution is 2.03. The van der Waals surface area contributed by atoms with Gasteiger partial charge in [0, 0.05) is 19.3 Å². The molecule has 2 N–H and O–H groups in total. The number of amides is 1. The quantitative estimate of drug-likeness (QED) is 0.716. The van der Waals surface area contributed by atoms with Crippen LogP contribution in [0.5, 0.6) is 0 Å². The molecule has 0 bridgehead atoms. The Hall–Kier alpha value is -2.02. The molecular weight excluding hydrogens is 255 g/mol. The Morgan fingerprint density at radius 2 is 2.32 bits per heavy atom. The monoisotopic (exact) mass is 270 g/mol. The molecular formula is C12H15FN2O4. The molecule has 0 fully saturated rings. The first-order valence-electron chi connectivity index (χ1n) is 5.76. The van der Waals surface area contributed by atoms with Crippen LogP contribution in [0.25, 0.3) is 0 Å². The van der Waals surface area contributed by atoms with Gasteiger partial charge in [-0.05, 0) is 19.1 Å². The molecule has 0 saturated heterocycles. The molecule has 1 aromatic rings. The molecule has 0 aromatic carbocycles. The van der Waals surface area contributed by atoms with E-state index in [1.165, 1.54) is 18.3 Å². The number of ether oxygens (including phenoxy) is 1. The molecule has 0 aliphatic carbocycles. The Labute approximate surface area is 109 Å². The van der Waals surface area contributed by atoms with E-state index in [1.54, 1.807) is 6.92 Å². The van der Waals surface area contributed by atoms with Gasteiger partial charge in [0.15, 0.2) is 0 Å². The number of nitrogens with zero attached hydrogens (tertiary/aromatic N) is 1. The second kappa shape index (κ2) is 7.42. The Balaban J connectivity index is 2.56. The fourth-order valence-electron chi connectivity index (χ4n) is 1.48. The molecule has 1 atom stereocenters. The van der Waals surface area contributed by atoms with Crippen LogP contribution >= 0.6 is 0 Å². The van der Waals surface area contributed by atoms with Crippen molar-refractivity contribution in [1.82, 2.24) is 10.3 Å². The smallest absolute Gasteiger partial charge is 0.306 e. The van der Waals surface area contributed by atoms with Gasteiger partial charge >= 0.3 is 5.97 Å². The van der Waals surface area contributed by atoms with E-state index in [1.807, 2.05) is 0 Å². The molecule has 0 aliphatic rings. The average Bonchev–Trinajstić information content (AvgIpc) is 2.36. The van der Waals surface area contributed by atoms with Crippen molar-refractivity contribution in [3.63, 3.8) is 0 Å². The Bertz CT molecular complexity index is 453. The largest absolute Gasteiger partial charge is 0.481 e. The van der Waals surface area contributed by atoms with Crippen molar-refractivity contribution in [3.05, 3.63) is 29.8 Å². The first kappa shape index (κ1) is 15.0. The number of carboxylic acid groups (broad SMARTS) is 1. The van der Waals surface area contributed by atoms with Gasteiger partial charge in [-0.15, -0.1) is 0 Å². The van der Waals surface area contributed by atoms with Crippen molar-refractivity contribution in [1.29, 1.82) is 0 Å². The maximum Gasteiger partial charge on any atom is 0.306 e. The highest BCUT2D eigenvalue weighted by Gasteiger charge is 2.17. The normalized spacial score (nSPS) is 11.9. The molecule has 1 heterocycles. The summed E-state index contributed by atoms with van der Waals surface area (Å²) < 4.78 is 18.4. The summed E-state index contributed by atoms with van der Waals surface area (Å²) in [5.74, 6) is -2.55. The maximum atomic E-state index is 13.2. The number of aliphatic carboxylic acids is 1. The lowest BCUT2D eigenvalue weighted by atomic mass is 10.2. The molecule has 6 nitrogen and oxygen atoms in total. The standard InChI is InChI=1S/C12H15FN2O4/c1-2-19-8(6-10(16)17)7-15-12(18)9-4-3-5-14-11(9)13/h3-5,8H,2,6-7H2,1H3,(H,15,18)(H,16,17). The fraction of sp³-hybridized carbons (Fsp3) is 0.417. The predicted octanol–water partition coefficient (Wildman–Crippen LogP) is 0.830. The summed E-state index contributed by atoms with van der Waals surface area (Å²) in [7, 11) is 0. The minimum atomic E-state index is -1.03. The van der Waals surface area contributed by atoms with E-state index in [4.69, 9.17) is 9.84 Å². The van der Waals surface area contributed by atoms with Crippen molar-refractivity contribution in [3.8, 4) is 0 Å². The molecule has 7 heteroatoms. The topological polar surface area (TPSA) is 88.5 Å². The van der Waals surface area contributed by atoms with Crippen molar-refractivity contribution in [2.45, 2.75) is 19.4 Å². The summed E-state index contributed by atoms with van der Waals surface area (Å²) in [6.07, 6.45) is 0.356. The van der Waals surface area contributed by atoms with Crippen LogP contribution in [0.2, 0.25) is 0 Å². The number of carbonyl (C=O) groups excluding carboxylic acids is 1. The highest BCUT2D eigenvalue weighted by molar-refractivity contribution is 5.94. The van der Waals surface area contributed by atoms with Crippen molar-refractivity contribution in [2.24, 2.45) is 0 Å². The summed E-state index contributed by atoms with van der Waals surface area (Å²) >= 11 is 0. The molecule has 1 rings (SSSR count). The SMILES string of the molecule is CCOC(CNC(=O)c1cccnc1F)CC(=O)O. The second-order valence-corrected chi connectivity index (χ2v) is 3.73. The molecule has 104 valence electrons. The molecule has 0 spiro atoms. The number of carbonyl (C=O) groups is 2. The number of nitrogens with one attached hydrogen (secondary N) is 1. The van der Waals surface area contributed by atoms with Gasteiger partial charge in [-0.25, -0.2) is 4.98 Å². The number of aromatic nitrogens is 1. The van der Waals surface area contributed by atoms with E-state index in [2.05, 4.69) is 10.3 Å². The predicted molar refractivity (Wildman–Crippen MR) is 64.2 cm³/mol. The third kappa shape index (κ3) is 5.01. The van der Waals surface area contributed by atoms with Crippen molar-refractivity contribution in [2.75, 3.05) is 13.2 Å². The Morgan fingerprint density at radius 1 is 1.58 bits per heavy atom. The van der Waals surface area contributed by atoms with Crippen LogP contribution in [0.3, 0.4) is 0 Å². The minimum absolute atomic E-state index is 0.00664. The van der Waals surface area contributed by atoms with Gasteiger partial charge in [-0.2, -0.15) is 4.39 Å². The van der Waals surface area contributed by atoms with Crippen LogP contribution in [-0.4, -0.2) is 41.2 Å². The van der Waals surface area contributed by atoms with E-state index in [9.17, 15) is 14.0 Å². The number of hydrogen-bond acceptors (Lipinski definition) is 4.